The summed E-state index contributed by atoms with van der Waals surface area (Å²) >= 11 is 6.30. The van der Waals surface area contributed by atoms with E-state index in [9.17, 15) is 4.79 Å². The maximum atomic E-state index is 12.9. The van der Waals surface area contributed by atoms with E-state index in [-0.39, 0.29) is 5.91 Å². The van der Waals surface area contributed by atoms with Crippen LogP contribution in [0.2, 0.25) is 5.02 Å². The molecule has 1 aromatic heterocycles. The predicted molar refractivity (Wildman–Crippen MR) is 107 cm³/mol. The standard InChI is InChI=1S/C21H22ClN3O/c1-14-11-15(2)16-13-19(23-18(16)12-14)21(26)25-9-7-24(8-10-25)20-6-4-3-5-17(20)22/h3-6,11-13,23H,7-10H2,1-2H3. The first-order valence-corrected chi connectivity index (χ1v) is 9.29. The zero-order valence-electron chi connectivity index (χ0n) is 15.1. The third-order valence-electron chi connectivity index (χ3n) is 5.08. The van der Waals surface area contributed by atoms with Gasteiger partial charge in [-0.3, -0.25) is 4.79 Å². The van der Waals surface area contributed by atoms with E-state index in [4.69, 9.17) is 11.6 Å². The van der Waals surface area contributed by atoms with Crippen LogP contribution >= 0.6 is 11.6 Å². The molecule has 2 aromatic carbocycles. The van der Waals surface area contributed by atoms with Gasteiger partial charge in [-0.15, -0.1) is 0 Å². The minimum atomic E-state index is 0.0667. The number of aryl methyl sites for hydroxylation is 2. The van der Waals surface area contributed by atoms with E-state index in [0.29, 0.717) is 18.8 Å². The minimum Gasteiger partial charge on any atom is -0.367 e. The number of hydrogen-bond acceptors (Lipinski definition) is 2. The Labute approximate surface area is 158 Å². The summed E-state index contributed by atoms with van der Waals surface area (Å²) in [7, 11) is 0. The molecule has 1 fully saturated rings. The Balaban J connectivity index is 1.50. The topological polar surface area (TPSA) is 39.3 Å². The van der Waals surface area contributed by atoms with Crippen LogP contribution < -0.4 is 4.90 Å². The molecular formula is C21H22ClN3O. The number of nitrogens with one attached hydrogen (secondary N) is 1. The first-order chi connectivity index (χ1) is 12.5. The average molecular weight is 368 g/mol. The molecule has 0 saturated carbocycles. The molecule has 0 aliphatic carbocycles. The first kappa shape index (κ1) is 17.0. The molecule has 1 aliphatic rings. The quantitative estimate of drug-likeness (QED) is 0.729. The van der Waals surface area contributed by atoms with Crippen LogP contribution in [0.3, 0.4) is 0 Å². The van der Waals surface area contributed by atoms with Gasteiger partial charge in [0.15, 0.2) is 0 Å². The summed E-state index contributed by atoms with van der Waals surface area (Å²) < 4.78 is 0. The molecule has 5 heteroatoms. The fraction of sp³-hybridized carbons (Fsp3) is 0.286. The van der Waals surface area contributed by atoms with Gasteiger partial charge in [0.1, 0.15) is 5.69 Å². The fourth-order valence-corrected chi connectivity index (χ4v) is 4.00. The Morgan fingerprint density at radius 2 is 1.77 bits per heavy atom. The van der Waals surface area contributed by atoms with Crippen molar-refractivity contribution >= 4 is 34.1 Å². The number of fused-ring (bicyclic) bond motifs is 1. The molecule has 4 rings (SSSR count). The number of benzene rings is 2. The lowest BCUT2D eigenvalue weighted by molar-refractivity contribution is 0.0742. The van der Waals surface area contributed by atoms with Gasteiger partial charge in [-0.1, -0.05) is 29.8 Å². The van der Waals surface area contributed by atoms with Gasteiger partial charge in [0.05, 0.1) is 10.7 Å². The van der Waals surface area contributed by atoms with E-state index < -0.39 is 0 Å². The number of piperazine rings is 1. The second-order valence-electron chi connectivity index (χ2n) is 6.96. The van der Waals surface area contributed by atoms with E-state index in [0.717, 1.165) is 34.7 Å². The van der Waals surface area contributed by atoms with Gasteiger partial charge in [-0.2, -0.15) is 0 Å². The number of aromatic nitrogens is 1. The van der Waals surface area contributed by atoms with Crippen molar-refractivity contribution in [2.45, 2.75) is 13.8 Å². The van der Waals surface area contributed by atoms with Crippen LogP contribution in [0.5, 0.6) is 0 Å². The van der Waals surface area contributed by atoms with Gasteiger partial charge in [-0.25, -0.2) is 0 Å². The van der Waals surface area contributed by atoms with Crippen molar-refractivity contribution in [1.82, 2.24) is 9.88 Å². The Morgan fingerprint density at radius 1 is 1.04 bits per heavy atom. The van der Waals surface area contributed by atoms with Crippen molar-refractivity contribution in [2.24, 2.45) is 0 Å². The molecule has 1 aliphatic heterocycles. The zero-order chi connectivity index (χ0) is 18.3. The number of rotatable bonds is 2. The third kappa shape index (κ3) is 3.06. The molecule has 0 spiro atoms. The summed E-state index contributed by atoms with van der Waals surface area (Å²) in [6, 6.07) is 14.1. The maximum absolute atomic E-state index is 12.9. The average Bonchev–Trinajstić information content (AvgIpc) is 3.06. The van der Waals surface area contributed by atoms with Crippen molar-refractivity contribution in [1.29, 1.82) is 0 Å². The number of carbonyl (C=O) groups is 1. The number of para-hydroxylation sites is 1. The van der Waals surface area contributed by atoms with E-state index in [2.05, 4.69) is 35.9 Å². The summed E-state index contributed by atoms with van der Waals surface area (Å²) in [4.78, 5) is 20.4. The summed E-state index contributed by atoms with van der Waals surface area (Å²) in [5.41, 5.74) is 5.13. The van der Waals surface area contributed by atoms with Crippen LogP contribution in [0.25, 0.3) is 10.9 Å². The third-order valence-corrected chi connectivity index (χ3v) is 5.40. The number of hydrogen-bond donors (Lipinski definition) is 1. The van der Waals surface area contributed by atoms with Crippen LogP contribution in [0.15, 0.2) is 42.5 Å². The van der Waals surface area contributed by atoms with Gasteiger partial charge in [0, 0.05) is 37.1 Å². The van der Waals surface area contributed by atoms with Crippen molar-refractivity contribution in [3.8, 4) is 0 Å². The lowest BCUT2D eigenvalue weighted by atomic mass is 10.1. The molecule has 26 heavy (non-hydrogen) atoms. The molecule has 134 valence electrons. The van der Waals surface area contributed by atoms with Crippen LogP contribution in [0, 0.1) is 13.8 Å². The molecule has 1 saturated heterocycles. The summed E-state index contributed by atoms with van der Waals surface area (Å²) in [6.45, 7) is 7.11. The van der Waals surface area contributed by atoms with E-state index in [1.165, 1.54) is 11.1 Å². The van der Waals surface area contributed by atoms with E-state index in [1.54, 1.807) is 0 Å². The van der Waals surface area contributed by atoms with Gasteiger partial charge in [-0.05, 0) is 49.2 Å². The zero-order valence-corrected chi connectivity index (χ0v) is 15.8. The first-order valence-electron chi connectivity index (χ1n) is 8.91. The lowest BCUT2D eigenvalue weighted by Crippen LogP contribution is -2.49. The van der Waals surface area contributed by atoms with Crippen molar-refractivity contribution in [2.75, 3.05) is 31.1 Å². The molecule has 0 radical (unpaired) electrons. The number of H-pyrrole nitrogens is 1. The molecule has 2 heterocycles. The molecule has 3 aromatic rings. The van der Waals surface area contributed by atoms with Crippen LogP contribution in [0.4, 0.5) is 5.69 Å². The monoisotopic (exact) mass is 367 g/mol. The SMILES string of the molecule is Cc1cc(C)c2cc(C(=O)N3CCN(c4ccccc4Cl)CC3)[nH]c2c1. The number of halogens is 1. The normalized spacial score (nSPS) is 14.9. The summed E-state index contributed by atoms with van der Waals surface area (Å²) in [6.07, 6.45) is 0. The molecular weight excluding hydrogens is 346 g/mol. The fourth-order valence-electron chi connectivity index (χ4n) is 3.74. The minimum absolute atomic E-state index is 0.0667. The molecule has 1 N–H and O–H groups in total. The highest BCUT2D eigenvalue weighted by atomic mass is 35.5. The van der Waals surface area contributed by atoms with Crippen LogP contribution in [0.1, 0.15) is 21.6 Å². The van der Waals surface area contributed by atoms with Crippen molar-refractivity contribution in [3.05, 3.63) is 64.3 Å². The van der Waals surface area contributed by atoms with Gasteiger partial charge in [0.25, 0.3) is 5.91 Å². The van der Waals surface area contributed by atoms with E-state index in [1.807, 2.05) is 35.2 Å². The maximum Gasteiger partial charge on any atom is 0.270 e. The number of carbonyl (C=O) groups excluding carboxylic acids is 1. The molecule has 4 nitrogen and oxygen atoms in total. The Morgan fingerprint density at radius 3 is 2.50 bits per heavy atom. The highest BCUT2D eigenvalue weighted by Gasteiger charge is 2.24. The molecule has 0 atom stereocenters. The Kier molecular flexibility index (Phi) is 4.37. The number of anilines is 1. The molecule has 0 unspecified atom stereocenters. The number of aromatic amines is 1. The highest BCUT2D eigenvalue weighted by molar-refractivity contribution is 6.33. The van der Waals surface area contributed by atoms with Gasteiger partial charge in [0.2, 0.25) is 0 Å². The molecule has 0 bridgehead atoms. The van der Waals surface area contributed by atoms with Gasteiger partial charge < -0.3 is 14.8 Å². The van der Waals surface area contributed by atoms with Crippen molar-refractivity contribution < 1.29 is 4.79 Å². The summed E-state index contributed by atoms with van der Waals surface area (Å²) in [5, 5.41) is 1.88. The Bertz CT molecular complexity index is 971. The number of amides is 1. The van der Waals surface area contributed by atoms with Gasteiger partial charge >= 0.3 is 0 Å². The van der Waals surface area contributed by atoms with E-state index >= 15 is 0 Å². The Hall–Kier alpha value is -2.46. The van der Waals surface area contributed by atoms with Crippen molar-refractivity contribution in [3.63, 3.8) is 0 Å². The predicted octanol–water partition coefficient (Wildman–Crippen LogP) is 4.40. The molecule has 1 amide bonds. The highest BCUT2D eigenvalue weighted by Crippen LogP contribution is 2.27. The summed E-state index contributed by atoms with van der Waals surface area (Å²) in [5.74, 6) is 0.0667. The van der Waals surface area contributed by atoms with Crippen LogP contribution in [-0.2, 0) is 0 Å². The lowest BCUT2D eigenvalue weighted by Gasteiger charge is -2.36. The van der Waals surface area contributed by atoms with Crippen LogP contribution in [-0.4, -0.2) is 42.0 Å². The number of nitrogens with zero attached hydrogens (tertiary/aromatic N) is 2. The second kappa shape index (κ2) is 6.69. The largest absolute Gasteiger partial charge is 0.367 e. The smallest absolute Gasteiger partial charge is 0.270 e. The second-order valence-corrected chi connectivity index (χ2v) is 7.36.